The Morgan fingerprint density at radius 2 is 1.95 bits per heavy atom. The highest BCUT2D eigenvalue weighted by atomic mass is 16.2. The highest BCUT2D eigenvalue weighted by Crippen LogP contribution is 2.53. The van der Waals surface area contributed by atoms with E-state index in [1.165, 1.54) is 12.8 Å². The first kappa shape index (κ1) is 13.9. The predicted octanol–water partition coefficient (Wildman–Crippen LogP) is 2.03. The van der Waals surface area contributed by atoms with E-state index in [9.17, 15) is 9.59 Å². The van der Waals surface area contributed by atoms with E-state index in [4.69, 9.17) is 0 Å². The molecule has 3 aliphatic rings. The minimum Gasteiger partial charge on any atom is -0.329 e. The number of hydrogen-bond acceptors (Lipinski definition) is 2. The first-order valence-corrected chi connectivity index (χ1v) is 8.11. The number of rotatable bonds is 4. The van der Waals surface area contributed by atoms with Gasteiger partial charge in [0.05, 0.1) is 0 Å². The van der Waals surface area contributed by atoms with Gasteiger partial charge in [0.2, 0.25) is 11.8 Å². The molecule has 0 aromatic carbocycles. The molecule has 2 unspecified atom stereocenters. The molecule has 20 heavy (non-hydrogen) atoms. The van der Waals surface area contributed by atoms with E-state index in [1.807, 2.05) is 16.7 Å². The van der Waals surface area contributed by atoms with Gasteiger partial charge in [0.25, 0.3) is 0 Å². The molecule has 2 atom stereocenters. The summed E-state index contributed by atoms with van der Waals surface area (Å²) >= 11 is 0. The fourth-order valence-electron chi connectivity index (χ4n) is 3.96. The van der Waals surface area contributed by atoms with Crippen molar-refractivity contribution in [2.75, 3.05) is 13.1 Å². The third kappa shape index (κ3) is 1.95. The summed E-state index contributed by atoms with van der Waals surface area (Å²) in [5.74, 6) is 0.986. The van der Waals surface area contributed by atoms with Gasteiger partial charge in [0, 0.05) is 13.1 Å². The highest BCUT2D eigenvalue weighted by Gasteiger charge is 2.53. The summed E-state index contributed by atoms with van der Waals surface area (Å²) in [6.45, 7) is 8.07. The van der Waals surface area contributed by atoms with Gasteiger partial charge in [0.1, 0.15) is 12.1 Å². The minimum atomic E-state index is -0.215. The number of amides is 2. The monoisotopic (exact) mass is 278 g/mol. The van der Waals surface area contributed by atoms with Crippen molar-refractivity contribution in [1.82, 2.24) is 9.80 Å². The van der Waals surface area contributed by atoms with Crippen molar-refractivity contribution < 1.29 is 9.59 Å². The third-order valence-corrected chi connectivity index (χ3v) is 5.75. The van der Waals surface area contributed by atoms with Crippen molar-refractivity contribution in [3.8, 4) is 0 Å². The van der Waals surface area contributed by atoms with Crippen LogP contribution in [0.2, 0.25) is 0 Å². The second kappa shape index (κ2) is 4.74. The van der Waals surface area contributed by atoms with Crippen LogP contribution in [0.1, 0.15) is 52.9 Å². The van der Waals surface area contributed by atoms with E-state index in [2.05, 4.69) is 13.8 Å². The summed E-state index contributed by atoms with van der Waals surface area (Å²) in [7, 11) is 0. The van der Waals surface area contributed by atoms with Gasteiger partial charge in [-0.05, 0) is 43.4 Å². The number of carbonyl (C=O) groups is 2. The molecule has 0 radical (unpaired) electrons. The Kier molecular flexibility index (Phi) is 3.30. The third-order valence-electron chi connectivity index (χ3n) is 5.75. The zero-order valence-corrected chi connectivity index (χ0v) is 12.9. The molecule has 4 nitrogen and oxygen atoms in total. The average molecular weight is 278 g/mol. The Morgan fingerprint density at radius 1 is 1.25 bits per heavy atom. The van der Waals surface area contributed by atoms with Crippen LogP contribution in [0.25, 0.3) is 0 Å². The Labute approximate surface area is 121 Å². The number of hydrogen-bond donors (Lipinski definition) is 0. The molecule has 0 aromatic rings. The summed E-state index contributed by atoms with van der Waals surface area (Å²) in [6, 6.07) is -0.374. The molecular weight excluding hydrogens is 252 g/mol. The molecule has 0 N–H and O–H groups in total. The zero-order chi connectivity index (χ0) is 14.5. The van der Waals surface area contributed by atoms with Crippen LogP contribution < -0.4 is 0 Å². The fraction of sp³-hybridized carbons (Fsp3) is 0.875. The van der Waals surface area contributed by atoms with Crippen LogP contribution in [0.3, 0.4) is 0 Å². The van der Waals surface area contributed by atoms with E-state index >= 15 is 0 Å². The van der Waals surface area contributed by atoms with Crippen molar-refractivity contribution in [2.45, 2.75) is 65.0 Å². The predicted molar refractivity (Wildman–Crippen MR) is 77.0 cm³/mol. The van der Waals surface area contributed by atoms with Gasteiger partial charge in [-0.25, -0.2) is 0 Å². The van der Waals surface area contributed by atoms with Crippen molar-refractivity contribution in [1.29, 1.82) is 0 Å². The largest absolute Gasteiger partial charge is 0.329 e. The van der Waals surface area contributed by atoms with E-state index in [1.54, 1.807) is 0 Å². The molecule has 4 heteroatoms. The lowest BCUT2D eigenvalue weighted by Crippen LogP contribution is -2.63. The fourth-order valence-corrected chi connectivity index (χ4v) is 3.96. The highest BCUT2D eigenvalue weighted by molar-refractivity contribution is 5.97. The second-order valence-corrected chi connectivity index (χ2v) is 7.10. The molecule has 2 saturated heterocycles. The summed E-state index contributed by atoms with van der Waals surface area (Å²) in [6.07, 6.45) is 4.97. The number of piperazine rings is 1. The van der Waals surface area contributed by atoms with Crippen LogP contribution in [-0.4, -0.2) is 46.8 Å². The summed E-state index contributed by atoms with van der Waals surface area (Å²) < 4.78 is 0. The number of nitrogens with zero attached hydrogens (tertiary/aromatic N) is 2. The zero-order valence-electron chi connectivity index (χ0n) is 12.9. The Bertz CT molecular complexity index is 428. The first-order valence-electron chi connectivity index (χ1n) is 8.11. The molecule has 1 saturated carbocycles. The molecule has 2 amide bonds. The molecule has 112 valence electrons. The lowest BCUT2D eigenvalue weighted by molar-refractivity contribution is -0.160. The normalized spacial score (nSPS) is 32.0. The van der Waals surface area contributed by atoms with Crippen LogP contribution in [0.5, 0.6) is 0 Å². The van der Waals surface area contributed by atoms with Gasteiger partial charge in [-0.15, -0.1) is 0 Å². The van der Waals surface area contributed by atoms with Crippen LogP contribution in [-0.2, 0) is 9.59 Å². The standard InChI is InChI=1S/C16H26N2O2/c1-4-12-14(19)17-9-5-6-13(17)15(20)18(12)10-16(7-8-16)11(2)3/h11-13H,4-10H2,1-3H3. The summed E-state index contributed by atoms with van der Waals surface area (Å²) in [4.78, 5) is 29.2. The lowest BCUT2D eigenvalue weighted by atomic mass is 9.90. The van der Waals surface area contributed by atoms with Crippen LogP contribution in [0.15, 0.2) is 0 Å². The second-order valence-electron chi connectivity index (χ2n) is 7.10. The quantitative estimate of drug-likeness (QED) is 0.789. The van der Waals surface area contributed by atoms with E-state index in [0.29, 0.717) is 5.92 Å². The van der Waals surface area contributed by atoms with E-state index in [0.717, 1.165) is 32.4 Å². The molecule has 0 bridgehead atoms. The Hall–Kier alpha value is -1.06. The molecule has 3 fully saturated rings. The molecule has 0 aromatic heterocycles. The van der Waals surface area contributed by atoms with Gasteiger partial charge < -0.3 is 9.80 Å². The van der Waals surface area contributed by atoms with Crippen LogP contribution in [0.4, 0.5) is 0 Å². The van der Waals surface area contributed by atoms with Gasteiger partial charge >= 0.3 is 0 Å². The summed E-state index contributed by atoms with van der Waals surface area (Å²) in [5.41, 5.74) is 0.282. The minimum absolute atomic E-state index is 0.159. The van der Waals surface area contributed by atoms with E-state index < -0.39 is 0 Å². The Morgan fingerprint density at radius 3 is 2.50 bits per heavy atom. The molecule has 3 rings (SSSR count). The molecule has 2 heterocycles. The van der Waals surface area contributed by atoms with Gasteiger partial charge in [0.15, 0.2) is 0 Å². The maximum Gasteiger partial charge on any atom is 0.246 e. The maximum atomic E-state index is 12.8. The maximum absolute atomic E-state index is 12.8. The molecule has 2 aliphatic heterocycles. The van der Waals surface area contributed by atoms with Crippen LogP contribution in [0, 0.1) is 11.3 Å². The first-order chi connectivity index (χ1) is 9.50. The van der Waals surface area contributed by atoms with Crippen molar-refractivity contribution in [3.05, 3.63) is 0 Å². The van der Waals surface area contributed by atoms with Crippen molar-refractivity contribution in [2.24, 2.45) is 11.3 Å². The van der Waals surface area contributed by atoms with Gasteiger partial charge in [-0.2, -0.15) is 0 Å². The number of fused-ring (bicyclic) bond motifs is 1. The van der Waals surface area contributed by atoms with Crippen LogP contribution >= 0.6 is 0 Å². The van der Waals surface area contributed by atoms with Gasteiger partial charge in [-0.1, -0.05) is 20.8 Å². The summed E-state index contributed by atoms with van der Waals surface area (Å²) in [5, 5.41) is 0. The van der Waals surface area contributed by atoms with Crippen molar-refractivity contribution in [3.63, 3.8) is 0 Å². The van der Waals surface area contributed by atoms with E-state index in [-0.39, 0.29) is 29.3 Å². The molecular formula is C16H26N2O2. The topological polar surface area (TPSA) is 40.6 Å². The number of carbonyl (C=O) groups excluding carboxylic acids is 2. The smallest absolute Gasteiger partial charge is 0.246 e. The Balaban J connectivity index is 1.84. The molecule has 0 spiro atoms. The molecule has 1 aliphatic carbocycles. The SMILES string of the molecule is CCC1C(=O)N2CCCC2C(=O)N1CC1(C(C)C)CC1. The average Bonchev–Trinajstić information content (AvgIpc) is 3.03. The van der Waals surface area contributed by atoms with Gasteiger partial charge in [-0.3, -0.25) is 9.59 Å². The lowest BCUT2D eigenvalue weighted by Gasteiger charge is -2.44. The van der Waals surface area contributed by atoms with Crippen molar-refractivity contribution >= 4 is 11.8 Å².